The van der Waals surface area contributed by atoms with E-state index in [9.17, 15) is 0 Å². The van der Waals surface area contributed by atoms with Crippen molar-refractivity contribution in [3.8, 4) is 5.88 Å². The molecule has 3 aliphatic rings. The molecule has 25 heavy (non-hydrogen) atoms. The number of aromatic nitrogens is 2. The average Bonchev–Trinajstić information content (AvgIpc) is 2.63. The van der Waals surface area contributed by atoms with Crippen molar-refractivity contribution in [2.45, 2.75) is 37.7 Å². The second-order valence-corrected chi connectivity index (χ2v) is 7.80. The highest BCUT2D eigenvalue weighted by Crippen LogP contribution is 2.38. The van der Waals surface area contributed by atoms with E-state index in [1.165, 1.54) is 25.8 Å². The first-order valence-corrected chi connectivity index (χ1v) is 9.64. The molecule has 1 aromatic heterocycles. The van der Waals surface area contributed by atoms with Crippen molar-refractivity contribution in [3.63, 3.8) is 0 Å². The summed E-state index contributed by atoms with van der Waals surface area (Å²) in [6, 6.07) is 0. The number of ether oxygens (including phenoxy) is 3. The molecule has 0 amide bonds. The molecule has 0 bridgehead atoms. The number of hydrogen-bond acceptors (Lipinski definition) is 6. The van der Waals surface area contributed by atoms with Gasteiger partial charge in [-0.2, -0.15) is 0 Å². The fraction of sp³-hybridized carbons (Fsp3) is 0.789. The maximum atomic E-state index is 6.19. The summed E-state index contributed by atoms with van der Waals surface area (Å²) in [5, 5.41) is 0. The Labute approximate surface area is 149 Å². The van der Waals surface area contributed by atoms with Crippen molar-refractivity contribution in [2.75, 3.05) is 46.1 Å². The van der Waals surface area contributed by atoms with Gasteiger partial charge in [-0.05, 0) is 43.9 Å². The van der Waals surface area contributed by atoms with Crippen LogP contribution in [-0.2, 0) is 9.47 Å². The van der Waals surface area contributed by atoms with E-state index in [1.54, 1.807) is 18.6 Å². The highest BCUT2D eigenvalue weighted by atomic mass is 16.5. The summed E-state index contributed by atoms with van der Waals surface area (Å²) >= 11 is 0. The SMILES string of the molecule is c1cnc(OCCC2CCOC3(C2)CN(CC2CCOCC2)C3)cn1. The molecule has 0 radical (unpaired) electrons. The predicted molar refractivity (Wildman–Crippen MR) is 93.5 cm³/mol. The molecule has 0 aliphatic carbocycles. The summed E-state index contributed by atoms with van der Waals surface area (Å²) in [7, 11) is 0. The van der Waals surface area contributed by atoms with Crippen LogP contribution >= 0.6 is 0 Å². The molecule has 4 heterocycles. The number of nitrogens with zero attached hydrogens (tertiary/aromatic N) is 3. The van der Waals surface area contributed by atoms with E-state index in [0.29, 0.717) is 18.4 Å². The van der Waals surface area contributed by atoms with Gasteiger partial charge >= 0.3 is 0 Å². The van der Waals surface area contributed by atoms with E-state index in [4.69, 9.17) is 14.2 Å². The van der Waals surface area contributed by atoms with Crippen LogP contribution in [0.1, 0.15) is 32.1 Å². The van der Waals surface area contributed by atoms with Gasteiger partial charge < -0.3 is 14.2 Å². The van der Waals surface area contributed by atoms with Crippen LogP contribution in [0.5, 0.6) is 5.88 Å². The third-order valence-corrected chi connectivity index (χ3v) is 5.79. The second kappa shape index (κ2) is 7.98. The van der Waals surface area contributed by atoms with Gasteiger partial charge in [0.15, 0.2) is 0 Å². The largest absolute Gasteiger partial charge is 0.477 e. The first-order chi connectivity index (χ1) is 12.3. The summed E-state index contributed by atoms with van der Waals surface area (Å²) in [6.45, 7) is 6.90. The van der Waals surface area contributed by atoms with E-state index in [2.05, 4.69) is 14.9 Å². The Hall–Kier alpha value is -1.24. The fourth-order valence-corrected chi connectivity index (χ4v) is 4.48. The van der Waals surface area contributed by atoms with Crippen molar-refractivity contribution < 1.29 is 14.2 Å². The van der Waals surface area contributed by atoms with Crippen LogP contribution in [0.3, 0.4) is 0 Å². The maximum Gasteiger partial charge on any atom is 0.232 e. The van der Waals surface area contributed by atoms with Gasteiger partial charge in [0.2, 0.25) is 5.88 Å². The van der Waals surface area contributed by atoms with Crippen LogP contribution < -0.4 is 4.74 Å². The molecule has 6 nitrogen and oxygen atoms in total. The van der Waals surface area contributed by atoms with Crippen molar-refractivity contribution in [2.24, 2.45) is 11.8 Å². The summed E-state index contributed by atoms with van der Waals surface area (Å²) in [4.78, 5) is 10.8. The van der Waals surface area contributed by atoms with Gasteiger partial charge in [-0.15, -0.1) is 0 Å². The molecule has 1 spiro atoms. The Morgan fingerprint density at radius 3 is 2.76 bits per heavy atom. The maximum absolute atomic E-state index is 6.19. The van der Waals surface area contributed by atoms with Crippen LogP contribution in [0.15, 0.2) is 18.6 Å². The fourth-order valence-electron chi connectivity index (χ4n) is 4.48. The molecule has 0 aromatic carbocycles. The lowest BCUT2D eigenvalue weighted by molar-refractivity contribution is -0.183. The van der Waals surface area contributed by atoms with Crippen molar-refractivity contribution >= 4 is 0 Å². The molecule has 1 atom stereocenters. The molecule has 4 rings (SSSR count). The smallest absolute Gasteiger partial charge is 0.232 e. The third-order valence-electron chi connectivity index (χ3n) is 5.79. The number of rotatable bonds is 6. The molecule has 3 saturated heterocycles. The highest BCUT2D eigenvalue weighted by Gasteiger charge is 2.47. The van der Waals surface area contributed by atoms with Gasteiger partial charge in [-0.1, -0.05) is 0 Å². The van der Waals surface area contributed by atoms with Crippen molar-refractivity contribution in [1.29, 1.82) is 0 Å². The Kier molecular flexibility index (Phi) is 5.48. The summed E-state index contributed by atoms with van der Waals surface area (Å²) < 4.78 is 17.4. The number of likely N-dealkylation sites (tertiary alicyclic amines) is 1. The van der Waals surface area contributed by atoms with E-state index in [0.717, 1.165) is 51.7 Å². The molecular formula is C19H29N3O3. The van der Waals surface area contributed by atoms with E-state index in [1.807, 2.05) is 0 Å². The summed E-state index contributed by atoms with van der Waals surface area (Å²) in [5.41, 5.74) is 0.112. The van der Waals surface area contributed by atoms with Crippen LogP contribution in [-0.4, -0.2) is 66.5 Å². The lowest BCUT2D eigenvalue weighted by atomic mass is 9.79. The van der Waals surface area contributed by atoms with Gasteiger partial charge in [-0.25, -0.2) is 4.98 Å². The van der Waals surface area contributed by atoms with Crippen molar-refractivity contribution in [3.05, 3.63) is 18.6 Å². The lowest BCUT2D eigenvalue weighted by Crippen LogP contribution is -2.65. The molecule has 0 saturated carbocycles. The standard InChI is InChI=1S/C19H29N3O3/c1-7-23-8-2-17(1)13-22-14-19(15-22)11-16(4-10-25-19)3-9-24-18-12-20-5-6-21-18/h5-6,12,16-17H,1-4,7-11,13-15H2. The van der Waals surface area contributed by atoms with Gasteiger partial charge in [0.1, 0.15) is 0 Å². The van der Waals surface area contributed by atoms with Gasteiger partial charge in [0.05, 0.1) is 18.4 Å². The first-order valence-electron chi connectivity index (χ1n) is 9.64. The second-order valence-electron chi connectivity index (χ2n) is 7.80. The molecule has 0 N–H and O–H groups in total. The van der Waals surface area contributed by atoms with E-state index >= 15 is 0 Å². The topological polar surface area (TPSA) is 56.7 Å². The van der Waals surface area contributed by atoms with Crippen LogP contribution in [0.4, 0.5) is 0 Å². The molecule has 138 valence electrons. The van der Waals surface area contributed by atoms with Gasteiger partial charge in [0.25, 0.3) is 0 Å². The zero-order chi connectivity index (χ0) is 17.0. The summed E-state index contributed by atoms with van der Waals surface area (Å²) in [6.07, 6.45) is 10.8. The van der Waals surface area contributed by atoms with Crippen LogP contribution in [0.2, 0.25) is 0 Å². The minimum absolute atomic E-state index is 0.112. The molecular weight excluding hydrogens is 318 g/mol. The number of hydrogen-bond donors (Lipinski definition) is 0. The highest BCUT2D eigenvalue weighted by molar-refractivity contribution is 5.02. The van der Waals surface area contributed by atoms with E-state index in [-0.39, 0.29) is 5.60 Å². The zero-order valence-corrected chi connectivity index (χ0v) is 14.9. The Bertz CT molecular complexity index is 530. The zero-order valence-electron chi connectivity index (χ0n) is 14.9. The molecule has 1 aromatic rings. The first kappa shape index (κ1) is 17.2. The predicted octanol–water partition coefficient (Wildman–Crippen LogP) is 2.15. The van der Waals surface area contributed by atoms with Gasteiger partial charge in [0, 0.05) is 51.8 Å². The Balaban J connectivity index is 1.18. The van der Waals surface area contributed by atoms with Gasteiger partial charge in [-0.3, -0.25) is 9.88 Å². The lowest BCUT2D eigenvalue weighted by Gasteiger charge is -2.54. The van der Waals surface area contributed by atoms with Crippen molar-refractivity contribution in [1.82, 2.24) is 14.9 Å². The normalized spacial score (nSPS) is 27.1. The minimum atomic E-state index is 0.112. The van der Waals surface area contributed by atoms with Crippen LogP contribution in [0.25, 0.3) is 0 Å². The monoisotopic (exact) mass is 347 g/mol. The average molecular weight is 347 g/mol. The molecule has 3 aliphatic heterocycles. The molecule has 3 fully saturated rings. The quantitative estimate of drug-likeness (QED) is 0.786. The third kappa shape index (κ3) is 4.49. The Morgan fingerprint density at radius 2 is 1.96 bits per heavy atom. The Morgan fingerprint density at radius 1 is 1.12 bits per heavy atom. The van der Waals surface area contributed by atoms with Crippen LogP contribution in [0, 0.1) is 11.8 Å². The minimum Gasteiger partial charge on any atom is -0.477 e. The summed E-state index contributed by atoms with van der Waals surface area (Å²) in [5.74, 6) is 2.12. The van der Waals surface area contributed by atoms with E-state index < -0.39 is 0 Å². The molecule has 1 unspecified atom stereocenters. The molecule has 6 heteroatoms.